The van der Waals surface area contributed by atoms with Crippen LogP contribution < -0.4 is 24.8 Å². The maximum absolute atomic E-state index is 3.45. The van der Waals surface area contributed by atoms with Crippen LogP contribution >= 0.6 is 0 Å². The normalized spacial score (nSPS) is 13.9. The van der Waals surface area contributed by atoms with E-state index in [0.29, 0.717) is 0 Å². The van der Waals surface area contributed by atoms with Crippen LogP contribution in [0.3, 0.4) is 0 Å². The van der Waals surface area contributed by atoms with Crippen molar-refractivity contribution in [1.82, 2.24) is 0 Å². The van der Waals surface area contributed by atoms with E-state index < -0.39 is 0 Å². The van der Waals surface area contributed by atoms with Gasteiger partial charge in [0.25, 0.3) is 0 Å². The first-order valence-electron chi connectivity index (χ1n) is 11.6. The standard InChI is InChI=1S/2C12H19.C2H6Si.2ClH.Ti/c2*1-3-5-7-12-9-8-11(10-12)6-4-2;1-3-2;;;/h2*10H,3-8H2,1-2H3;1-2H3;2*1H;/q2*-1;;;;+2/p-2. The van der Waals surface area contributed by atoms with Crippen LogP contribution in [0.15, 0.2) is 34.4 Å². The molecule has 2 rings (SSSR count). The van der Waals surface area contributed by atoms with E-state index in [4.69, 9.17) is 0 Å². The van der Waals surface area contributed by atoms with Crippen LogP contribution in [0.5, 0.6) is 0 Å². The van der Waals surface area contributed by atoms with E-state index in [1.165, 1.54) is 75.4 Å². The van der Waals surface area contributed by atoms with Gasteiger partial charge in [-0.05, 0) is 12.8 Å². The maximum Gasteiger partial charge on any atom is -1.00 e. The van der Waals surface area contributed by atoms with Gasteiger partial charge in [-0.15, -0.1) is 12.8 Å². The molecule has 0 radical (unpaired) electrons. The Kier molecular flexibility index (Phi) is 28.2. The number of halogens is 2. The monoisotopic (exact) mass is 502 g/mol. The van der Waals surface area contributed by atoms with Crippen molar-refractivity contribution >= 4 is 6.19 Å². The molecule has 30 heavy (non-hydrogen) atoms. The largest absolute Gasteiger partial charge is 1.00 e. The van der Waals surface area contributed by atoms with Crippen LogP contribution in [0, 0.1) is 12.2 Å². The number of hydrogen-bond acceptors (Lipinski definition) is 0. The molecular formula is C26H44Cl2SiTi-2. The van der Waals surface area contributed by atoms with E-state index in [2.05, 4.69) is 84.3 Å². The molecule has 0 fully saturated rings. The van der Waals surface area contributed by atoms with Gasteiger partial charge in [0.2, 0.25) is 0 Å². The summed E-state index contributed by atoms with van der Waals surface area (Å²) in [6, 6.07) is 0. The van der Waals surface area contributed by atoms with Gasteiger partial charge in [-0.2, -0.15) is 11.1 Å². The summed E-state index contributed by atoms with van der Waals surface area (Å²) >= 11 is 2.27. The van der Waals surface area contributed by atoms with Crippen molar-refractivity contribution in [2.24, 2.45) is 0 Å². The minimum Gasteiger partial charge on any atom is -1.00 e. The van der Waals surface area contributed by atoms with E-state index in [9.17, 15) is 0 Å². The van der Waals surface area contributed by atoms with Crippen molar-refractivity contribution in [2.45, 2.75) is 118 Å². The van der Waals surface area contributed by atoms with Gasteiger partial charge in [-0.3, -0.25) is 12.2 Å². The quantitative estimate of drug-likeness (QED) is 0.318. The molecule has 0 unspecified atom stereocenters. The fourth-order valence-electron chi connectivity index (χ4n) is 3.17. The molecule has 0 aromatic heterocycles. The van der Waals surface area contributed by atoms with Gasteiger partial charge < -0.3 is 24.8 Å². The first-order chi connectivity index (χ1) is 13.5. The summed E-state index contributed by atoms with van der Waals surface area (Å²) in [5, 5.41) is 0. The van der Waals surface area contributed by atoms with Crippen molar-refractivity contribution in [3.8, 4) is 0 Å². The Morgan fingerprint density at radius 2 is 1.03 bits per heavy atom. The van der Waals surface area contributed by atoms with Crippen molar-refractivity contribution in [1.29, 1.82) is 0 Å². The van der Waals surface area contributed by atoms with Crippen LogP contribution in [0.2, 0.25) is 13.1 Å². The molecule has 0 amide bonds. The van der Waals surface area contributed by atoms with Gasteiger partial charge >= 0.3 is 38.5 Å². The Labute approximate surface area is 213 Å². The van der Waals surface area contributed by atoms with E-state index >= 15 is 0 Å². The minimum absolute atomic E-state index is 0. The van der Waals surface area contributed by atoms with E-state index in [0.717, 1.165) is 12.8 Å². The van der Waals surface area contributed by atoms with Crippen molar-refractivity contribution in [3.05, 3.63) is 46.6 Å². The van der Waals surface area contributed by atoms with Crippen LogP contribution in [-0.2, 0) is 19.2 Å². The average molecular weight is 503 g/mol. The van der Waals surface area contributed by atoms with E-state index in [1.54, 1.807) is 11.1 Å². The van der Waals surface area contributed by atoms with Crippen LogP contribution in [0.1, 0.15) is 105 Å². The van der Waals surface area contributed by atoms with E-state index in [-0.39, 0.29) is 31.0 Å². The maximum atomic E-state index is 3.45. The van der Waals surface area contributed by atoms with Gasteiger partial charge in [0.15, 0.2) is 0 Å². The summed E-state index contributed by atoms with van der Waals surface area (Å²) in [4.78, 5) is 0. The Hall–Kier alpha value is 0.471. The van der Waals surface area contributed by atoms with Gasteiger partial charge in [0, 0.05) is 0 Å². The molecule has 4 heteroatoms. The summed E-state index contributed by atoms with van der Waals surface area (Å²) in [6.45, 7) is 13.5. The molecular weight excluding hydrogens is 459 g/mol. The zero-order valence-corrected chi connectivity index (χ0v) is 24.5. The molecule has 0 N–H and O–H groups in total. The van der Waals surface area contributed by atoms with Crippen LogP contribution in [0.4, 0.5) is 0 Å². The van der Waals surface area contributed by atoms with Gasteiger partial charge in [0.05, 0.1) is 0 Å². The Morgan fingerprint density at radius 1 is 0.700 bits per heavy atom. The zero-order valence-electron chi connectivity index (χ0n) is 20.4. The average Bonchev–Trinajstić information content (AvgIpc) is 3.28. The first kappa shape index (κ1) is 35.1. The smallest absolute Gasteiger partial charge is 1.00 e. The summed E-state index contributed by atoms with van der Waals surface area (Å²) in [5.41, 5.74) is 6.09. The predicted octanol–water partition coefficient (Wildman–Crippen LogP) is 2.87. The first-order valence-corrected chi connectivity index (χ1v) is 16.4. The van der Waals surface area contributed by atoms with Crippen LogP contribution in [0.25, 0.3) is 0 Å². The topological polar surface area (TPSA) is 0 Å². The molecule has 0 spiro atoms. The summed E-state index contributed by atoms with van der Waals surface area (Å²) in [5.74, 6) is 0. The zero-order chi connectivity index (χ0) is 21.2. The summed E-state index contributed by atoms with van der Waals surface area (Å²) in [7, 11) is 0. The van der Waals surface area contributed by atoms with Gasteiger partial charge in [-0.25, -0.2) is 23.3 Å². The predicted molar refractivity (Wildman–Crippen MR) is 125 cm³/mol. The van der Waals surface area contributed by atoms with Crippen LogP contribution in [-0.4, -0.2) is 6.19 Å². The number of rotatable bonds is 10. The second-order valence-electron chi connectivity index (χ2n) is 8.07. The molecule has 0 bridgehead atoms. The third-order valence-corrected chi connectivity index (χ3v) is 4.58. The molecule has 172 valence electrons. The SMILES string of the molecule is CCCCC1=[C-]CC(CCC)=C1.CCCCC1=[C-]CC(CCC)=C1.C[Si](C)=[Ti+2].[Cl-].[Cl-]. The van der Waals surface area contributed by atoms with Gasteiger partial charge in [0.1, 0.15) is 0 Å². The molecule has 0 aliphatic heterocycles. The summed E-state index contributed by atoms with van der Waals surface area (Å²) < 4.78 is 0. The fourth-order valence-corrected chi connectivity index (χ4v) is 3.17. The fraction of sp³-hybridized carbons (Fsp3) is 0.692. The second kappa shape index (κ2) is 24.1. The Bertz CT molecular complexity index is 511. The van der Waals surface area contributed by atoms with Crippen molar-refractivity contribution in [2.75, 3.05) is 0 Å². The molecule has 0 aromatic rings. The molecule has 0 aromatic carbocycles. The van der Waals surface area contributed by atoms with Crippen molar-refractivity contribution in [3.63, 3.8) is 0 Å². The van der Waals surface area contributed by atoms with E-state index in [1.807, 2.05) is 0 Å². The summed E-state index contributed by atoms with van der Waals surface area (Å²) in [6.07, 6.45) is 26.7. The molecule has 2 aliphatic rings. The molecule has 0 atom stereocenters. The number of allylic oxidation sites excluding steroid dienone is 8. The molecule has 0 nitrogen and oxygen atoms in total. The molecule has 0 heterocycles. The van der Waals surface area contributed by atoms with Gasteiger partial charge in [-0.1, -0.05) is 79.1 Å². The number of unbranched alkanes of at least 4 members (excludes halogenated alkanes) is 2. The molecule has 2 aliphatic carbocycles. The Morgan fingerprint density at radius 3 is 1.30 bits per heavy atom. The minimum atomic E-state index is 0. The molecule has 0 saturated carbocycles. The van der Waals surface area contributed by atoms with Crippen molar-refractivity contribution < 1.29 is 44.0 Å². The second-order valence-corrected chi connectivity index (χ2v) is 14.8. The Balaban J connectivity index is -0.000000391. The number of hydrogen-bond donors (Lipinski definition) is 0. The third kappa shape index (κ3) is 20.4. The third-order valence-electron chi connectivity index (χ3n) is 4.58. The molecule has 0 saturated heterocycles.